The van der Waals surface area contributed by atoms with Gasteiger partial charge in [-0.05, 0) is 133 Å². The van der Waals surface area contributed by atoms with Crippen LogP contribution in [0.2, 0.25) is 0 Å². The van der Waals surface area contributed by atoms with E-state index in [1.165, 1.54) is 0 Å². The molecule has 8 saturated carbocycles. The maximum absolute atomic E-state index is 13.6. The zero-order valence-electron chi connectivity index (χ0n) is 34.4. The number of ether oxygens (including phenoxy) is 4. The second-order valence-corrected chi connectivity index (χ2v) is 21.7. The second kappa shape index (κ2) is 15.6. The summed E-state index contributed by atoms with van der Waals surface area (Å²) in [4.78, 5) is 53.4. The van der Waals surface area contributed by atoms with Gasteiger partial charge < -0.3 is 29.2 Å². The second-order valence-electron chi connectivity index (χ2n) is 20.3. The Morgan fingerprint density at radius 2 is 1.00 bits per heavy atom. The molecule has 0 spiro atoms. The number of carbonyl (C=O) groups is 4. The van der Waals surface area contributed by atoms with E-state index in [9.17, 15) is 68.7 Å². The monoisotopic (exact) mass is 910 g/mol. The molecule has 8 aliphatic carbocycles. The van der Waals surface area contributed by atoms with Gasteiger partial charge in [-0.15, -0.1) is 0 Å². The van der Waals surface area contributed by atoms with Gasteiger partial charge in [0, 0.05) is 23.7 Å². The molecule has 1 aromatic rings. The van der Waals surface area contributed by atoms with Crippen molar-refractivity contribution in [3.63, 3.8) is 0 Å². The number of halogens is 6. The van der Waals surface area contributed by atoms with Gasteiger partial charge in [0.2, 0.25) is 0 Å². The van der Waals surface area contributed by atoms with E-state index in [2.05, 4.69) is 0 Å². The molecule has 4 atom stereocenters. The minimum atomic E-state index is -6.08. The molecule has 8 aliphatic rings. The number of alkyl halides is 6. The van der Waals surface area contributed by atoms with Gasteiger partial charge >= 0.3 is 36.2 Å². The van der Waals surface area contributed by atoms with Crippen LogP contribution in [-0.4, -0.2) is 97.0 Å². The Balaban J connectivity index is 1.01. The summed E-state index contributed by atoms with van der Waals surface area (Å²) in [5.74, 6) is -3.26. The average Bonchev–Trinajstić information content (AvgIpc) is 3.13. The fourth-order valence-corrected chi connectivity index (χ4v) is 13.3. The largest absolute Gasteiger partial charge is 0.465 e. The summed E-state index contributed by atoms with van der Waals surface area (Å²) in [5.41, 5.74) is -10.4. The van der Waals surface area contributed by atoms with E-state index in [1.54, 1.807) is 13.8 Å². The molecule has 1 aromatic carbocycles. The van der Waals surface area contributed by atoms with Crippen molar-refractivity contribution in [3.05, 3.63) is 29.3 Å². The maximum Gasteiger partial charge on any atom is 0.426 e. The van der Waals surface area contributed by atoms with Crippen molar-refractivity contribution in [2.45, 2.75) is 132 Å². The number of esters is 4. The van der Waals surface area contributed by atoms with E-state index >= 15 is 0 Å². The van der Waals surface area contributed by atoms with Gasteiger partial charge in [-0.25, -0.2) is 9.59 Å². The molecule has 0 aromatic heterocycles. The van der Waals surface area contributed by atoms with Crippen LogP contribution in [-0.2, 0) is 38.7 Å². The molecule has 0 radical (unpaired) electrons. The van der Waals surface area contributed by atoms with Crippen molar-refractivity contribution in [1.29, 1.82) is 0 Å². The summed E-state index contributed by atoms with van der Waals surface area (Å²) < 4.78 is 136. The van der Waals surface area contributed by atoms with Gasteiger partial charge in [0.25, 0.3) is 15.7 Å². The van der Waals surface area contributed by atoms with E-state index in [-0.39, 0.29) is 80.7 Å². The fourth-order valence-electron chi connectivity index (χ4n) is 12.7. The molecule has 4 unspecified atom stereocenters. The van der Waals surface area contributed by atoms with Gasteiger partial charge in [-0.1, -0.05) is 0 Å². The van der Waals surface area contributed by atoms with Crippen molar-refractivity contribution < 1.29 is 87.7 Å². The highest BCUT2D eigenvalue weighted by Crippen LogP contribution is 2.67. The summed E-state index contributed by atoms with van der Waals surface area (Å²) in [6.45, 7) is 1.52. The van der Waals surface area contributed by atoms with Crippen LogP contribution >= 0.6 is 0 Å². The molecule has 8 fully saturated rings. The summed E-state index contributed by atoms with van der Waals surface area (Å²) in [6.07, 6.45) is -7.70. The highest BCUT2D eigenvalue weighted by atomic mass is 32.2. The van der Waals surface area contributed by atoms with Crippen LogP contribution in [0.5, 0.6) is 0 Å². The Bertz CT molecular complexity index is 2030. The molecular formula is C42H52F6O13S. The molecule has 9 rings (SSSR count). The lowest BCUT2D eigenvalue weighted by atomic mass is 9.44. The first kappa shape index (κ1) is 46.5. The zero-order valence-corrected chi connectivity index (χ0v) is 35.2. The van der Waals surface area contributed by atoms with Gasteiger partial charge in [0.15, 0.2) is 0 Å². The highest BCUT2D eigenvalue weighted by Gasteiger charge is 2.70. The minimum absolute atomic E-state index is 0.0356. The van der Waals surface area contributed by atoms with E-state index in [0.29, 0.717) is 51.4 Å². The quantitative estimate of drug-likeness (QED) is 0.0710. The van der Waals surface area contributed by atoms with E-state index in [4.69, 9.17) is 18.9 Å². The number of rotatable bonds is 15. The predicted octanol–water partition coefficient (Wildman–Crippen LogP) is 6.91. The van der Waals surface area contributed by atoms with Crippen LogP contribution in [0.25, 0.3) is 0 Å². The zero-order chi connectivity index (χ0) is 45.5. The molecule has 0 heterocycles. The van der Waals surface area contributed by atoms with E-state index in [1.807, 2.05) is 0 Å². The predicted molar refractivity (Wildman–Crippen MR) is 200 cm³/mol. The lowest BCUT2D eigenvalue weighted by Crippen LogP contribution is -2.58. The molecule has 20 heteroatoms. The van der Waals surface area contributed by atoms with Gasteiger partial charge in [-0.3, -0.25) is 14.1 Å². The van der Waals surface area contributed by atoms with Gasteiger partial charge in [0.1, 0.15) is 0 Å². The Hall–Kier alpha value is -3.49. The number of hydrogen-bond acceptors (Lipinski definition) is 12. The van der Waals surface area contributed by atoms with Crippen LogP contribution in [0.15, 0.2) is 23.1 Å². The standard InChI is InChI=1S/C42H52F6O13S/c1-35(2,53)3-5-58-33(51)38-16-24-7-25(17-38)13-36(12-24,20-38)22-60-31(49)28-9-29(11-30(10-28)62(55,56)57)32(50)61-23-37-14-26-8-27(15-37)19-39(18-26,21-37)34(52)59-6-4-40(54,41(43,44)45)42(46,47)48/h9-11,24-27,53-54H,3-8,12-23H2,1-2H3,(H,55,56,57). The number of aliphatic hydroxyl groups is 2. The third-order valence-electron chi connectivity index (χ3n) is 14.5. The van der Waals surface area contributed by atoms with Crippen LogP contribution in [0, 0.1) is 45.3 Å². The topological polar surface area (TPSA) is 200 Å². The molecule has 0 aliphatic heterocycles. The number of carbonyl (C=O) groups excluding carboxylic acids is 4. The lowest BCUT2D eigenvalue weighted by Gasteiger charge is -2.60. The van der Waals surface area contributed by atoms with Crippen molar-refractivity contribution in [1.82, 2.24) is 0 Å². The third-order valence-corrected chi connectivity index (χ3v) is 15.3. The van der Waals surface area contributed by atoms with Gasteiger partial charge in [-0.2, -0.15) is 34.8 Å². The summed E-state index contributed by atoms with van der Waals surface area (Å²) in [5, 5.41) is 19.6. The minimum Gasteiger partial charge on any atom is -0.465 e. The van der Waals surface area contributed by atoms with Crippen LogP contribution in [0.1, 0.15) is 124 Å². The van der Waals surface area contributed by atoms with Crippen molar-refractivity contribution >= 4 is 34.0 Å². The first-order chi connectivity index (χ1) is 28.5. The molecule has 13 nitrogen and oxygen atoms in total. The van der Waals surface area contributed by atoms with Crippen molar-refractivity contribution in [2.24, 2.45) is 45.3 Å². The van der Waals surface area contributed by atoms with E-state index in [0.717, 1.165) is 24.6 Å². The maximum atomic E-state index is 13.6. The summed E-state index contributed by atoms with van der Waals surface area (Å²) in [7, 11) is -4.98. The molecule has 0 amide bonds. The van der Waals surface area contributed by atoms with Crippen LogP contribution < -0.4 is 0 Å². The Morgan fingerprint density at radius 1 is 0.629 bits per heavy atom. The smallest absolute Gasteiger partial charge is 0.426 e. The lowest BCUT2D eigenvalue weighted by molar-refractivity contribution is -0.371. The summed E-state index contributed by atoms with van der Waals surface area (Å²) in [6, 6.07) is 2.74. The highest BCUT2D eigenvalue weighted by molar-refractivity contribution is 7.85. The molecular weight excluding hydrogens is 859 g/mol. The molecule has 0 saturated heterocycles. The first-order valence-corrected chi connectivity index (χ1v) is 22.3. The average molecular weight is 911 g/mol. The fraction of sp³-hybridized carbons (Fsp3) is 0.762. The number of hydrogen-bond donors (Lipinski definition) is 3. The van der Waals surface area contributed by atoms with Gasteiger partial charge in [0.05, 0.1) is 58.9 Å². The summed E-state index contributed by atoms with van der Waals surface area (Å²) >= 11 is 0. The number of benzene rings is 1. The normalized spacial score (nSPS) is 32.7. The molecule has 346 valence electrons. The van der Waals surface area contributed by atoms with Crippen molar-refractivity contribution in [3.8, 4) is 0 Å². The van der Waals surface area contributed by atoms with E-state index < -0.39 is 96.7 Å². The van der Waals surface area contributed by atoms with Crippen LogP contribution in [0.4, 0.5) is 26.3 Å². The third kappa shape index (κ3) is 9.08. The molecule has 62 heavy (non-hydrogen) atoms. The first-order valence-electron chi connectivity index (χ1n) is 20.9. The van der Waals surface area contributed by atoms with Crippen molar-refractivity contribution in [2.75, 3.05) is 26.4 Å². The Labute approximate surface area is 354 Å². The SMILES string of the molecule is CC(C)(O)CCOC(=O)C12CC3CC(CC(COC(=O)c4cc(C(=O)OCC56CC7CC(C5)CC(C(=O)OCCC(O)(C(F)(F)F)C(F)(F)F)(C7)C6)cc(S(=O)(=O)O)c4)(C3)C1)C2. The molecule has 8 bridgehead atoms. The Morgan fingerprint density at radius 3 is 1.34 bits per heavy atom. The molecule has 3 N–H and O–H groups in total. The Kier molecular flexibility index (Phi) is 11.7. The van der Waals surface area contributed by atoms with Crippen LogP contribution in [0.3, 0.4) is 0 Å².